The minimum atomic E-state index is 0.211. The molecule has 0 saturated heterocycles. The molecule has 3 aromatic rings. The van der Waals surface area contributed by atoms with Crippen LogP contribution in [-0.2, 0) is 6.54 Å². The van der Waals surface area contributed by atoms with Crippen LogP contribution in [0.2, 0.25) is 5.02 Å². The first-order valence-electron chi connectivity index (χ1n) is 7.37. The number of pyridine rings is 1. The van der Waals surface area contributed by atoms with Crippen molar-refractivity contribution in [2.45, 2.75) is 30.6 Å². The second-order valence-corrected chi connectivity index (χ2v) is 6.45. The maximum atomic E-state index is 9.05. The van der Waals surface area contributed by atoms with Crippen molar-refractivity contribution >= 4 is 23.4 Å². The van der Waals surface area contributed by atoms with Crippen LogP contribution in [0.4, 0.5) is 0 Å². The second kappa shape index (κ2) is 7.04. The van der Waals surface area contributed by atoms with Crippen molar-refractivity contribution in [2.75, 3.05) is 0 Å². The lowest BCUT2D eigenvalue weighted by Crippen LogP contribution is -2.01. The van der Waals surface area contributed by atoms with E-state index >= 15 is 0 Å². The number of benzene rings is 1. The van der Waals surface area contributed by atoms with Crippen LogP contribution in [0, 0.1) is 18.3 Å². The first kappa shape index (κ1) is 16.5. The van der Waals surface area contributed by atoms with Crippen LogP contribution in [0.25, 0.3) is 11.4 Å². The molecule has 1 aromatic carbocycles. The third-order valence-corrected chi connectivity index (χ3v) is 4.77. The number of hydrogen-bond donors (Lipinski definition) is 0. The first-order chi connectivity index (χ1) is 11.6. The van der Waals surface area contributed by atoms with Gasteiger partial charge in [-0.05, 0) is 43.3 Å². The summed E-state index contributed by atoms with van der Waals surface area (Å²) in [6.45, 7) is 4.83. The predicted molar refractivity (Wildman–Crippen MR) is 94.0 cm³/mol. The first-order valence-corrected chi connectivity index (χ1v) is 8.57. The molecule has 0 aliphatic heterocycles. The molecule has 7 heteroatoms. The van der Waals surface area contributed by atoms with Crippen LogP contribution in [0.5, 0.6) is 0 Å². The number of nitriles is 1. The number of aromatic nitrogens is 4. The van der Waals surface area contributed by atoms with Gasteiger partial charge in [0.2, 0.25) is 0 Å². The fourth-order valence-electron chi connectivity index (χ4n) is 2.33. The molecule has 24 heavy (non-hydrogen) atoms. The Hall–Kier alpha value is -2.36. The quantitative estimate of drug-likeness (QED) is 0.696. The van der Waals surface area contributed by atoms with Crippen molar-refractivity contribution in [3.05, 3.63) is 52.7 Å². The lowest BCUT2D eigenvalue weighted by molar-refractivity contribution is 0.686. The summed E-state index contributed by atoms with van der Waals surface area (Å²) < 4.78 is 2.04. The maximum absolute atomic E-state index is 9.05. The largest absolute Gasteiger partial charge is 0.302 e. The minimum absolute atomic E-state index is 0.211. The fourth-order valence-corrected chi connectivity index (χ4v) is 3.34. The van der Waals surface area contributed by atoms with Gasteiger partial charge in [-0.1, -0.05) is 35.9 Å². The molecule has 0 fully saturated rings. The molecule has 0 N–H and O–H groups in total. The molecule has 0 spiro atoms. The Morgan fingerprint density at radius 2 is 2.00 bits per heavy atom. The molecule has 0 atom stereocenters. The maximum Gasteiger partial charge on any atom is 0.197 e. The zero-order chi connectivity index (χ0) is 17.1. The third-order valence-electron chi connectivity index (χ3n) is 3.54. The molecule has 120 valence electrons. The summed E-state index contributed by atoms with van der Waals surface area (Å²) in [5.74, 6) is 0.826. The third kappa shape index (κ3) is 3.14. The van der Waals surface area contributed by atoms with Gasteiger partial charge in [-0.2, -0.15) is 5.26 Å². The van der Waals surface area contributed by atoms with E-state index in [1.807, 2.05) is 35.8 Å². The predicted octanol–water partition coefficient (Wildman–Crippen LogP) is 4.34. The normalized spacial score (nSPS) is 10.6. The Kier molecular flexibility index (Phi) is 4.84. The van der Waals surface area contributed by atoms with Crippen molar-refractivity contribution in [3.63, 3.8) is 0 Å². The topological polar surface area (TPSA) is 67.4 Å². The minimum Gasteiger partial charge on any atom is -0.302 e. The summed E-state index contributed by atoms with van der Waals surface area (Å²) >= 11 is 7.30. The second-order valence-electron chi connectivity index (χ2n) is 5.06. The van der Waals surface area contributed by atoms with Gasteiger partial charge >= 0.3 is 0 Å². The summed E-state index contributed by atoms with van der Waals surface area (Å²) in [6, 6.07) is 13.5. The van der Waals surface area contributed by atoms with Crippen LogP contribution in [0.3, 0.4) is 0 Å². The fraction of sp³-hybridized carbons (Fsp3) is 0.176. The highest BCUT2D eigenvalue weighted by Gasteiger charge is 2.16. The van der Waals surface area contributed by atoms with Crippen LogP contribution in [0.1, 0.15) is 18.2 Å². The summed E-state index contributed by atoms with van der Waals surface area (Å²) in [5, 5.41) is 19.4. The van der Waals surface area contributed by atoms with E-state index in [2.05, 4.69) is 28.2 Å². The van der Waals surface area contributed by atoms with E-state index < -0.39 is 0 Å². The van der Waals surface area contributed by atoms with Gasteiger partial charge in [-0.25, -0.2) is 4.98 Å². The molecule has 0 bridgehead atoms. The zero-order valence-electron chi connectivity index (χ0n) is 13.2. The molecule has 3 rings (SSSR count). The number of hydrogen-bond acceptors (Lipinski definition) is 5. The van der Waals surface area contributed by atoms with Gasteiger partial charge < -0.3 is 4.57 Å². The highest BCUT2D eigenvalue weighted by Crippen LogP contribution is 2.30. The molecule has 0 unspecified atom stereocenters. The molecule has 2 aromatic heterocycles. The number of nitrogens with zero attached hydrogens (tertiary/aromatic N) is 5. The van der Waals surface area contributed by atoms with E-state index in [-0.39, 0.29) is 5.69 Å². The highest BCUT2D eigenvalue weighted by atomic mass is 35.5. The molecular formula is C17H14ClN5S. The average molecular weight is 356 g/mol. The van der Waals surface area contributed by atoms with Crippen molar-refractivity contribution < 1.29 is 0 Å². The van der Waals surface area contributed by atoms with Gasteiger partial charge in [0.15, 0.2) is 16.7 Å². The molecule has 0 aliphatic rings. The van der Waals surface area contributed by atoms with Gasteiger partial charge in [0.05, 0.1) is 5.02 Å². The molecule has 0 saturated carbocycles. The van der Waals surface area contributed by atoms with Crippen LogP contribution in [0.15, 0.2) is 46.6 Å². The Morgan fingerprint density at radius 3 is 2.71 bits per heavy atom. The van der Waals surface area contributed by atoms with E-state index in [1.54, 1.807) is 12.1 Å². The van der Waals surface area contributed by atoms with E-state index in [1.165, 1.54) is 11.8 Å². The summed E-state index contributed by atoms with van der Waals surface area (Å²) in [6.07, 6.45) is 0. The zero-order valence-corrected chi connectivity index (χ0v) is 14.8. The van der Waals surface area contributed by atoms with Crippen LogP contribution < -0.4 is 0 Å². The number of aryl methyl sites for hydroxylation is 1. The van der Waals surface area contributed by atoms with E-state index in [9.17, 15) is 0 Å². The standard InChI is InChI=1S/C17H14ClN5S/c1-3-23-16(12-7-5-4-6-11(12)2)21-22-17(23)24-15-9-8-13(18)14(10-19)20-15/h4-9H,3H2,1-2H3. The van der Waals surface area contributed by atoms with Crippen molar-refractivity contribution in [2.24, 2.45) is 0 Å². The molecule has 0 amide bonds. The van der Waals surface area contributed by atoms with E-state index in [0.29, 0.717) is 10.0 Å². The van der Waals surface area contributed by atoms with Gasteiger partial charge in [-0.3, -0.25) is 0 Å². The molecule has 0 radical (unpaired) electrons. The van der Waals surface area contributed by atoms with Gasteiger partial charge in [-0.15, -0.1) is 10.2 Å². The smallest absolute Gasteiger partial charge is 0.197 e. The lowest BCUT2D eigenvalue weighted by atomic mass is 10.1. The van der Waals surface area contributed by atoms with Crippen molar-refractivity contribution in [1.82, 2.24) is 19.7 Å². The Balaban J connectivity index is 1.99. The molecular weight excluding hydrogens is 342 g/mol. The number of halogens is 1. The van der Waals surface area contributed by atoms with E-state index in [0.717, 1.165) is 28.7 Å². The monoisotopic (exact) mass is 355 g/mol. The van der Waals surface area contributed by atoms with Crippen molar-refractivity contribution in [1.29, 1.82) is 5.26 Å². The lowest BCUT2D eigenvalue weighted by Gasteiger charge is -2.09. The van der Waals surface area contributed by atoms with Gasteiger partial charge in [0, 0.05) is 12.1 Å². The summed E-state index contributed by atoms with van der Waals surface area (Å²) in [7, 11) is 0. The molecule has 2 heterocycles. The highest BCUT2D eigenvalue weighted by molar-refractivity contribution is 7.99. The average Bonchev–Trinajstić information content (AvgIpc) is 2.99. The summed E-state index contributed by atoms with van der Waals surface area (Å²) in [5.41, 5.74) is 2.41. The van der Waals surface area contributed by atoms with E-state index in [4.69, 9.17) is 16.9 Å². The SMILES string of the molecule is CCn1c(Sc2ccc(Cl)c(C#N)n2)nnc1-c1ccccc1C. The van der Waals surface area contributed by atoms with Gasteiger partial charge in [0.1, 0.15) is 11.1 Å². The molecule has 0 aliphatic carbocycles. The summed E-state index contributed by atoms with van der Waals surface area (Å²) in [4.78, 5) is 4.25. The Bertz CT molecular complexity index is 929. The van der Waals surface area contributed by atoms with Crippen LogP contribution in [-0.4, -0.2) is 19.7 Å². The van der Waals surface area contributed by atoms with Crippen LogP contribution >= 0.6 is 23.4 Å². The Morgan fingerprint density at radius 1 is 1.21 bits per heavy atom. The number of rotatable bonds is 4. The Labute approximate surface area is 149 Å². The molecule has 5 nitrogen and oxygen atoms in total. The van der Waals surface area contributed by atoms with Gasteiger partial charge in [0.25, 0.3) is 0 Å². The van der Waals surface area contributed by atoms with Crippen molar-refractivity contribution in [3.8, 4) is 17.5 Å².